The van der Waals surface area contributed by atoms with Gasteiger partial charge in [-0.15, -0.1) is 22.7 Å². The maximum Gasteiger partial charge on any atom is 0.0897 e. The van der Waals surface area contributed by atoms with Crippen molar-refractivity contribution in [3.05, 3.63) is 51.3 Å². The van der Waals surface area contributed by atoms with Gasteiger partial charge in [0.05, 0.1) is 10.7 Å². The molecule has 0 saturated heterocycles. The SMILES string of the molecule is CCNC(Cc1csc(C)n1)Cc1csc2ccccc12. The van der Waals surface area contributed by atoms with Gasteiger partial charge in [-0.2, -0.15) is 0 Å². The second kappa shape index (κ2) is 6.69. The summed E-state index contributed by atoms with van der Waals surface area (Å²) in [7, 11) is 0. The average molecular weight is 316 g/mol. The standard InChI is InChI=1S/C17H20N2S2/c1-3-18-14(9-15-11-20-12(2)19-15)8-13-10-21-17-7-5-4-6-16(13)17/h4-7,10-11,14,18H,3,8-9H2,1-2H3. The van der Waals surface area contributed by atoms with Crippen LogP contribution in [0.4, 0.5) is 0 Å². The molecule has 1 atom stereocenters. The minimum absolute atomic E-state index is 0.453. The fraction of sp³-hybridized carbons (Fsp3) is 0.353. The molecule has 0 radical (unpaired) electrons. The number of fused-ring (bicyclic) bond motifs is 1. The lowest BCUT2D eigenvalue weighted by Gasteiger charge is -2.16. The van der Waals surface area contributed by atoms with Gasteiger partial charge < -0.3 is 5.32 Å². The summed E-state index contributed by atoms with van der Waals surface area (Å²) in [6.45, 7) is 5.24. The van der Waals surface area contributed by atoms with E-state index in [4.69, 9.17) is 0 Å². The van der Waals surface area contributed by atoms with Gasteiger partial charge in [-0.25, -0.2) is 4.98 Å². The first-order chi connectivity index (χ1) is 10.3. The zero-order valence-electron chi connectivity index (χ0n) is 12.4. The summed E-state index contributed by atoms with van der Waals surface area (Å²) in [6.07, 6.45) is 2.07. The molecule has 0 aliphatic rings. The van der Waals surface area contributed by atoms with E-state index < -0.39 is 0 Å². The molecule has 1 unspecified atom stereocenters. The van der Waals surface area contributed by atoms with Gasteiger partial charge >= 0.3 is 0 Å². The Morgan fingerprint density at radius 1 is 1.14 bits per heavy atom. The Bertz CT molecular complexity index is 714. The molecule has 21 heavy (non-hydrogen) atoms. The van der Waals surface area contributed by atoms with E-state index in [-0.39, 0.29) is 0 Å². The predicted octanol–water partition coefficient (Wildman–Crippen LogP) is 4.43. The number of aryl methyl sites for hydroxylation is 1. The zero-order chi connectivity index (χ0) is 14.7. The lowest BCUT2D eigenvalue weighted by atomic mass is 10.0. The second-order valence-corrected chi connectivity index (χ2v) is 7.25. The molecule has 0 spiro atoms. The Morgan fingerprint density at radius 3 is 2.76 bits per heavy atom. The Labute approximate surface area is 133 Å². The predicted molar refractivity (Wildman–Crippen MR) is 93.5 cm³/mol. The third kappa shape index (κ3) is 3.51. The minimum Gasteiger partial charge on any atom is -0.314 e. The lowest BCUT2D eigenvalue weighted by Crippen LogP contribution is -2.33. The quantitative estimate of drug-likeness (QED) is 0.727. The van der Waals surface area contributed by atoms with Crippen LogP contribution in [-0.4, -0.2) is 17.6 Å². The number of benzene rings is 1. The van der Waals surface area contributed by atoms with Crippen LogP contribution in [-0.2, 0) is 12.8 Å². The maximum absolute atomic E-state index is 4.61. The first-order valence-corrected chi connectivity index (χ1v) is 9.11. The Kier molecular flexibility index (Phi) is 4.68. The first-order valence-electron chi connectivity index (χ1n) is 7.35. The third-order valence-corrected chi connectivity index (χ3v) is 5.48. The molecular formula is C17H20N2S2. The number of likely N-dealkylation sites (N-methyl/N-ethyl adjacent to an activating group) is 1. The van der Waals surface area contributed by atoms with E-state index in [9.17, 15) is 0 Å². The topological polar surface area (TPSA) is 24.9 Å². The fourth-order valence-corrected chi connectivity index (χ4v) is 4.32. The molecule has 0 saturated carbocycles. The summed E-state index contributed by atoms with van der Waals surface area (Å²) in [6, 6.07) is 9.13. The summed E-state index contributed by atoms with van der Waals surface area (Å²) in [5, 5.41) is 10.7. The largest absolute Gasteiger partial charge is 0.314 e. The van der Waals surface area contributed by atoms with E-state index in [0.29, 0.717) is 6.04 Å². The number of aromatic nitrogens is 1. The van der Waals surface area contributed by atoms with Gasteiger partial charge in [0.1, 0.15) is 0 Å². The van der Waals surface area contributed by atoms with Crippen LogP contribution in [0.15, 0.2) is 35.0 Å². The normalized spacial score (nSPS) is 12.9. The molecule has 0 bridgehead atoms. The van der Waals surface area contributed by atoms with Crippen LogP contribution in [0, 0.1) is 6.92 Å². The number of thiazole rings is 1. The van der Waals surface area contributed by atoms with Gasteiger partial charge in [0, 0.05) is 22.5 Å². The second-order valence-electron chi connectivity index (χ2n) is 5.28. The average Bonchev–Trinajstić information content (AvgIpc) is 3.06. The molecule has 3 rings (SSSR count). The van der Waals surface area contributed by atoms with Gasteiger partial charge in [-0.3, -0.25) is 0 Å². The highest BCUT2D eigenvalue weighted by Gasteiger charge is 2.14. The fourth-order valence-electron chi connectivity index (χ4n) is 2.72. The monoisotopic (exact) mass is 316 g/mol. The lowest BCUT2D eigenvalue weighted by molar-refractivity contribution is 0.519. The molecule has 2 nitrogen and oxygen atoms in total. The van der Waals surface area contributed by atoms with Crippen molar-refractivity contribution < 1.29 is 0 Å². The summed E-state index contributed by atoms with van der Waals surface area (Å²) in [4.78, 5) is 4.61. The van der Waals surface area contributed by atoms with E-state index in [1.54, 1.807) is 11.3 Å². The van der Waals surface area contributed by atoms with Gasteiger partial charge in [0.25, 0.3) is 0 Å². The highest BCUT2D eigenvalue weighted by molar-refractivity contribution is 7.17. The van der Waals surface area contributed by atoms with Crippen molar-refractivity contribution in [1.82, 2.24) is 10.3 Å². The molecule has 0 aliphatic heterocycles. The highest BCUT2D eigenvalue weighted by atomic mass is 32.1. The Morgan fingerprint density at radius 2 is 2.00 bits per heavy atom. The molecule has 3 aromatic rings. The molecule has 1 N–H and O–H groups in total. The molecule has 2 aromatic heterocycles. The van der Waals surface area contributed by atoms with Crippen LogP contribution in [0.3, 0.4) is 0 Å². The highest BCUT2D eigenvalue weighted by Crippen LogP contribution is 2.27. The number of thiophene rings is 1. The van der Waals surface area contributed by atoms with Crippen LogP contribution >= 0.6 is 22.7 Å². The molecule has 110 valence electrons. The molecule has 1 aromatic carbocycles. The van der Waals surface area contributed by atoms with Gasteiger partial charge in [-0.05, 0) is 42.3 Å². The number of nitrogens with one attached hydrogen (secondary N) is 1. The summed E-state index contributed by atoms with van der Waals surface area (Å²) in [5.41, 5.74) is 2.66. The number of hydrogen-bond donors (Lipinski definition) is 1. The molecule has 0 amide bonds. The van der Waals surface area contributed by atoms with Crippen LogP contribution in [0.25, 0.3) is 10.1 Å². The Balaban J connectivity index is 1.78. The van der Waals surface area contributed by atoms with Crippen molar-refractivity contribution in [2.45, 2.75) is 32.7 Å². The van der Waals surface area contributed by atoms with E-state index in [1.165, 1.54) is 21.3 Å². The van der Waals surface area contributed by atoms with Crippen molar-refractivity contribution in [1.29, 1.82) is 0 Å². The summed E-state index contributed by atoms with van der Waals surface area (Å²) < 4.78 is 1.38. The van der Waals surface area contributed by atoms with E-state index in [1.807, 2.05) is 11.3 Å². The molecule has 0 aliphatic carbocycles. The molecular weight excluding hydrogens is 296 g/mol. The Hall–Kier alpha value is -1.23. The van der Waals surface area contributed by atoms with Crippen molar-refractivity contribution >= 4 is 32.8 Å². The number of rotatable bonds is 6. The number of nitrogens with zero attached hydrogens (tertiary/aromatic N) is 1. The third-order valence-electron chi connectivity index (χ3n) is 3.64. The van der Waals surface area contributed by atoms with Crippen molar-refractivity contribution in [3.8, 4) is 0 Å². The summed E-state index contributed by atoms with van der Waals surface area (Å²) in [5.74, 6) is 0. The number of hydrogen-bond acceptors (Lipinski definition) is 4. The molecule has 2 heterocycles. The van der Waals surface area contributed by atoms with Crippen molar-refractivity contribution in [2.24, 2.45) is 0 Å². The van der Waals surface area contributed by atoms with E-state index in [0.717, 1.165) is 24.4 Å². The zero-order valence-corrected chi connectivity index (χ0v) is 14.1. The van der Waals surface area contributed by atoms with E-state index >= 15 is 0 Å². The minimum atomic E-state index is 0.453. The van der Waals surface area contributed by atoms with E-state index in [2.05, 4.69) is 59.2 Å². The van der Waals surface area contributed by atoms with Crippen LogP contribution in [0.2, 0.25) is 0 Å². The maximum atomic E-state index is 4.61. The first kappa shape index (κ1) is 14.7. The van der Waals surface area contributed by atoms with Gasteiger partial charge in [0.2, 0.25) is 0 Å². The van der Waals surface area contributed by atoms with Gasteiger partial charge in [-0.1, -0.05) is 25.1 Å². The van der Waals surface area contributed by atoms with Gasteiger partial charge in [0.15, 0.2) is 0 Å². The smallest absolute Gasteiger partial charge is 0.0897 e. The van der Waals surface area contributed by atoms with Crippen LogP contribution in [0.1, 0.15) is 23.2 Å². The summed E-state index contributed by atoms with van der Waals surface area (Å²) >= 11 is 3.58. The van der Waals surface area contributed by atoms with Crippen LogP contribution < -0.4 is 5.32 Å². The molecule has 0 fully saturated rings. The van der Waals surface area contributed by atoms with Crippen molar-refractivity contribution in [3.63, 3.8) is 0 Å². The molecule has 4 heteroatoms. The van der Waals surface area contributed by atoms with Crippen LogP contribution in [0.5, 0.6) is 0 Å². The van der Waals surface area contributed by atoms with Crippen molar-refractivity contribution in [2.75, 3.05) is 6.54 Å².